The van der Waals surface area contributed by atoms with Crippen LogP contribution in [0.2, 0.25) is 0 Å². The zero-order chi connectivity index (χ0) is 16.7. The number of hydrogen-bond donors (Lipinski definition) is 2. The molecule has 2 heterocycles. The summed E-state index contributed by atoms with van der Waals surface area (Å²) < 4.78 is 5.44. The Balaban J connectivity index is 1.82. The Bertz CT molecular complexity index is 729. The predicted octanol–water partition coefficient (Wildman–Crippen LogP) is 1.50. The Morgan fingerprint density at radius 2 is 1.91 bits per heavy atom. The molecule has 1 saturated heterocycles. The molecule has 0 saturated carbocycles. The number of hydrogen-bond acceptors (Lipinski definition) is 5. The van der Waals surface area contributed by atoms with Crippen molar-refractivity contribution in [1.29, 1.82) is 0 Å². The molecular weight excluding hydrogens is 304 g/mol. The van der Waals surface area contributed by atoms with Gasteiger partial charge in [-0.2, -0.15) is 0 Å². The van der Waals surface area contributed by atoms with Gasteiger partial charge in [-0.25, -0.2) is 0 Å². The molecule has 8 nitrogen and oxygen atoms in total. The highest BCUT2D eigenvalue weighted by Gasteiger charge is 2.53. The van der Waals surface area contributed by atoms with Gasteiger partial charge < -0.3 is 15.2 Å². The van der Waals surface area contributed by atoms with Gasteiger partial charge in [-0.05, 0) is 13.0 Å². The smallest absolute Gasteiger partial charge is 0.310 e. The maximum absolute atomic E-state index is 12.4. The van der Waals surface area contributed by atoms with E-state index in [4.69, 9.17) is 4.74 Å². The second kappa shape index (κ2) is 5.47. The average Bonchev–Trinajstić information content (AvgIpc) is 3.09. The van der Waals surface area contributed by atoms with Crippen molar-refractivity contribution in [3.8, 4) is 0 Å². The molecular formula is C15H14N2O6. The third kappa shape index (κ3) is 2.57. The van der Waals surface area contributed by atoms with E-state index in [0.29, 0.717) is 5.56 Å². The topological polar surface area (TPSA) is 119 Å². The number of nitro benzene ring substituents is 1. The molecule has 23 heavy (non-hydrogen) atoms. The van der Waals surface area contributed by atoms with Crippen LogP contribution < -0.4 is 5.32 Å². The van der Waals surface area contributed by atoms with Gasteiger partial charge in [-0.1, -0.05) is 18.2 Å². The number of fused-ring (bicyclic) bond motifs is 2. The first kappa shape index (κ1) is 15.2. The minimum Gasteiger partial charge on any atom is -0.481 e. The van der Waals surface area contributed by atoms with Crippen LogP contribution in [-0.4, -0.2) is 34.1 Å². The number of carbonyl (C=O) groups is 2. The fraction of sp³-hybridized carbons (Fsp3) is 0.333. The van der Waals surface area contributed by atoms with Crippen molar-refractivity contribution < 1.29 is 24.4 Å². The van der Waals surface area contributed by atoms with Gasteiger partial charge in [0.25, 0.3) is 5.69 Å². The van der Waals surface area contributed by atoms with Gasteiger partial charge >= 0.3 is 5.97 Å². The van der Waals surface area contributed by atoms with Crippen LogP contribution in [0.25, 0.3) is 0 Å². The molecule has 0 aromatic heterocycles. The number of ether oxygens (including phenoxy) is 1. The number of carboxylic acid groups (broad SMARTS) is 1. The van der Waals surface area contributed by atoms with E-state index in [1.165, 1.54) is 12.1 Å². The summed E-state index contributed by atoms with van der Waals surface area (Å²) in [7, 11) is 0. The number of nitrogens with zero attached hydrogens (tertiary/aromatic N) is 1. The van der Waals surface area contributed by atoms with Crippen LogP contribution in [0.3, 0.4) is 0 Å². The van der Waals surface area contributed by atoms with Gasteiger partial charge in [-0.15, -0.1) is 0 Å². The largest absolute Gasteiger partial charge is 0.481 e. The van der Waals surface area contributed by atoms with Gasteiger partial charge in [0.1, 0.15) is 5.92 Å². The number of anilines is 1. The summed E-state index contributed by atoms with van der Waals surface area (Å²) in [5, 5.41) is 22.8. The number of aliphatic carboxylic acids is 1. The first-order valence-electron chi connectivity index (χ1n) is 7.01. The van der Waals surface area contributed by atoms with Crippen LogP contribution in [-0.2, 0) is 14.3 Å². The van der Waals surface area contributed by atoms with Crippen molar-refractivity contribution in [2.24, 2.45) is 11.8 Å². The van der Waals surface area contributed by atoms with Crippen molar-refractivity contribution >= 4 is 23.3 Å². The van der Waals surface area contributed by atoms with Crippen molar-refractivity contribution in [2.75, 3.05) is 5.32 Å². The number of aryl methyl sites for hydroxylation is 1. The maximum Gasteiger partial charge on any atom is 0.310 e. The normalized spacial score (nSPS) is 27.9. The van der Waals surface area contributed by atoms with Crippen molar-refractivity contribution in [3.05, 3.63) is 46.0 Å². The molecule has 2 N–H and O–H groups in total. The molecule has 2 aliphatic heterocycles. The van der Waals surface area contributed by atoms with Crippen LogP contribution in [0.15, 0.2) is 30.4 Å². The summed E-state index contributed by atoms with van der Waals surface area (Å²) >= 11 is 0. The molecule has 120 valence electrons. The van der Waals surface area contributed by atoms with E-state index in [-0.39, 0.29) is 11.4 Å². The Hall–Kier alpha value is -2.74. The molecule has 0 unspecified atom stereocenters. The maximum atomic E-state index is 12.4. The van der Waals surface area contributed by atoms with E-state index in [0.717, 1.165) is 0 Å². The molecule has 3 rings (SSSR count). The molecule has 1 aromatic carbocycles. The lowest BCUT2D eigenvalue weighted by atomic mass is 9.82. The number of benzene rings is 1. The Kier molecular flexibility index (Phi) is 3.61. The summed E-state index contributed by atoms with van der Waals surface area (Å²) in [4.78, 5) is 34.2. The van der Waals surface area contributed by atoms with Gasteiger partial charge in [0.05, 0.1) is 23.0 Å². The molecule has 1 fully saturated rings. The Labute approximate surface area is 130 Å². The van der Waals surface area contributed by atoms with E-state index >= 15 is 0 Å². The van der Waals surface area contributed by atoms with Crippen molar-refractivity contribution in [2.45, 2.75) is 19.1 Å². The lowest BCUT2D eigenvalue weighted by molar-refractivity contribution is -0.385. The van der Waals surface area contributed by atoms with Crippen LogP contribution in [0.5, 0.6) is 0 Å². The molecule has 0 radical (unpaired) electrons. The molecule has 8 heteroatoms. The quantitative estimate of drug-likeness (QED) is 0.493. The van der Waals surface area contributed by atoms with E-state index in [1.54, 1.807) is 25.1 Å². The fourth-order valence-corrected chi connectivity index (χ4v) is 3.02. The SMILES string of the molecule is Cc1ccc(NC(=O)[C@@H]2[C@@H](C(=O)O)[C@@H]3C=C[C@H]2O3)cc1[N+](=O)[O-]. The van der Waals surface area contributed by atoms with Crippen molar-refractivity contribution in [1.82, 2.24) is 0 Å². The zero-order valence-corrected chi connectivity index (χ0v) is 12.1. The highest BCUT2D eigenvalue weighted by atomic mass is 16.6. The number of rotatable bonds is 4. The third-order valence-corrected chi connectivity index (χ3v) is 4.16. The number of carbonyl (C=O) groups excluding carboxylic acids is 1. The molecule has 2 bridgehead atoms. The minimum absolute atomic E-state index is 0.110. The van der Waals surface area contributed by atoms with Crippen LogP contribution in [0, 0.1) is 28.9 Å². The standard InChI is InChI=1S/C15H14N2O6/c1-7-2-3-8(6-9(7)17(21)22)16-14(18)12-10-4-5-11(23-10)13(12)15(19)20/h2-6,10-13H,1H3,(H,16,18)(H,19,20)/t10-,11+,12+,13+/m1/s1. The van der Waals surface area contributed by atoms with E-state index in [2.05, 4.69) is 5.32 Å². The van der Waals surface area contributed by atoms with Gasteiger partial charge in [0.2, 0.25) is 5.91 Å². The molecule has 0 spiro atoms. The van der Waals surface area contributed by atoms with E-state index in [9.17, 15) is 24.8 Å². The number of carboxylic acids is 1. The molecule has 1 amide bonds. The first-order chi connectivity index (χ1) is 10.9. The summed E-state index contributed by atoms with van der Waals surface area (Å²) in [5.41, 5.74) is 0.618. The average molecular weight is 318 g/mol. The predicted molar refractivity (Wildman–Crippen MR) is 78.9 cm³/mol. The van der Waals surface area contributed by atoms with Gasteiger partial charge in [0, 0.05) is 17.3 Å². The van der Waals surface area contributed by atoms with Crippen LogP contribution in [0.4, 0.5) is 11.4 Å². The molecule has 4 atom stereocenters. The number of amides is 1. The lowest BCUT2D eigenvalue weighted by Gasteiger charge is -2.21. The number of nitrogens with one attached hydrogen (secondary N) is 1. The van der Waals surface area contributed by atoms with Gasteiger partial charge in [-0.3, -0.25) is 19.7 Å². The fourth-order valence-electron chi connectivity index (χ4n) is 3.02. The Morgan fingerprint density at radius 3 is 2.52 bits per heavy atom. The highest BCUT2D eigenvalue weighted by molar-refractivity contribution is 5.97. The first-order valence-corrected chi connectivity index (χ1v) is 7.01. The second-order valence-corrected chi connectivity index (χ2v) is 5.59. The zero-order valence-electron chi connectivity index (χ0n) is 12.1. The minimum atomic E-state index is -1.10. The van der Waals surface area contributed by atoms with Gasteiger partial charge in [0.15, 0.2) is 0 Å². The summed E-state index contributed by atoms with van der Waals surface area (Å²) in [6, 6.07) is 4.33. The lowest BCUT2D eigenvalue weighted by Crippen LogP contribution is -2.39. The van der Waals surface area contributed by atoms with Crippen LogP contribution in [0.1, 0.15) is 5.56 Å². The van der Waals surface area contributed by atoms with E-state index < -0.39 is 40.8 Å². The number of nitro groups is 1. The summed E-state index contributed by atoms with van der Waals surface area (Å²) in [5.74, 6) is -3.43. The summed E-state index contributed by atoms with van der Waals surface area (Å²) in [6.07, 6.45) is 2.12. The molecule has 2 aliphatic rings. The molecule has 1 aromatic rings. The van der Waals surface area contributed by atoms with Crippen LogP contribution >= 0.6 is 0 Å². The van der Waals surface area contributed by atoms with E-state index in [1.807, 2.05) is 0 Å². The Morgan fingerprint density at radius 1 is 1.26 bits per heavy atom. The molecule has 0 aliphatic carbocycles. The summed E-state index contributed by atoms with van der Waals surface area (Å²) in [6.45, 7) is 1.60. The second-order valence-electron chi connectivity index (χ2n) is 5.59. The van der Waals surface area contributed by atoms with Crippen molar-refractivity contribution in [3.63, 3.8) is 0 Å². The third-order valence-electron chi connectivity index (χ3n) is 4.16. The highest BCUT2D eigenvalue weighted by Crippen LogP contribution is 2.40. The monoisotopic (exact) mass is 318 g/mol.